The van der Waals surface area contributed by atoms with Crippen LogP contribution in [0.1, 0.15) is 17.1 Å². The number of fused-ring (bicyclic) bond motifs is 1. The molecule has 0 spiro atoms. The van der Waals surface area contributed by atoms with Crippen LogP contribution in [0.25, 0.3) is 0 Å². The number of aromatic nitrogens is 3. The number of hydrogen-bond donors (Lipinski definition) is 1. The molecule has 1 aliphatic heterocycles. The molecule has 108 valence electrons. The van der Waals surface area contributed by atoms with Crippen LogP contribution in [0.5, 0.6) is 0 Å². The molecule has 2 aromatic heterocycles. The maximum atomic E-state index is 11.9. The van der Waals surface area contributed by atoms with Gasteiger partial charge in [-0.25, -0.2) is 9.97 Å². The van der Waals surface area contributed by atoms with E-state index in [-0.39, 0.29) is 16.3 Å². The van der Waals surface area contributed by atoms with E-state index in [9.17, 15) is 14.9 Å². The first kappa shape index (κ1) is 13.5. The van der Waals surface area contributed by atoms with Gasteiger partial charge in [-0.2, -0.15) is 0 Å². The Morgan fingerprint density at radius 3 is 2.90 bits per heavy atom. The van der Waals surface area contributed by atoms with Gasteiger partial charge in [0.05, 0.1) is 34.3 Å². The highest BCUT2D eigenvalue weighted by molar-refractivity contribution is 6.33. The number of anilines is 1. The van der Waals surface area contributed by atoms with E-state index in [1.807, 2.05) is 0 Å². The van der Waals surface area contributed by atoms with E-state index in [1.165, 1.54) is 6.07 Å². The van der Waals surface area contributed by atoms with Crippen LogP contribution < -0.4 is 10.5 Å². The molecule has 0 atom stereocenters. The number of hydrogen-bond acceptors (Lipinski definition) is 6. The second-order valence-corrected chi connectivity index (χ2v) is 5.10. The van der Waals surface area contributed by atoms with Gasteiger partial charge in [0.15, 0.2) is 0 Å². The predicted molar refractivity (Wildman–Crippen MR) is 75.4 cm³/mol. The minimum Gasteiger partial charge on any atom is -0.345 e. The van der Waals surface area contributed by atoms with Crippen LogP contribution in [0.4, 0.5) is 11.5 Å². The second-order valence-electron chi connectivity index (χ2n) is 4.69. The van der Waals surface area contributed by atoms with Gasteiger partial charge in [0, 0.05) is 6.07 Å². The number of halogens is 1. The van der Waals surface area contributed by atoms with Crippen LogP contribution in [0, 0.1) is 17.0 Å². The SMILES string of the molecule is Cc1nc2c(c(=O)[nH]1)CN(c1ncc([N+](=O)[O-])cc1Cl)C2. The van der Waals surface area contributed by atoms with E-state index in [0.717, 1.165) is 6.20 Å². The average Bonchev–Trinajstić information content (AvgIpc) is 2.82. The minimum absolute atomic E-state index is 0.171. The molecule has 9 heteroatoms. The number of nitrogens with zero attached hydrogens (tertiary/aromatic N) is 4. The summed E-state index contributed by atoms with van der Waals surface area (Å²) < 4.78 is 0. The predicted octanol–water partition coefficient (Wildman–Crippen LogP) is 1.56. The Labute approximate surface area is 123 Å². The molecule has 0 saturated heterocycles. The smallest absolute Gasteiger partial charge is 0.289 e. The van der Waals surface area contributed by atoms with E-state index in [4.69, 9.17) is 11.6 Å². The molecule has 1 N–H and O–H groups in total. The first-order chi connectivity index (χ1) is 9.95. The lowest BCUT2D eigenvalue weighted by Gasteiger charge is -2.16. The van der Waals surface area contributed by atoms with E-state index in [0.29, 0.717) is 36.0 Å². The highest BCUT2D eigenvalue weighted by atomic mass is 35.5. The molecular weight excluding hydrogens is 298 g/mol. The maximum Gasteiger partial charge on any atom is 0.289 e. The summed E-state index contributed by atoms with van der Waals surface area (Å²) in [6, 6.07) is 1.25. The Hall–Kier alpha value is -2.48. The Kier molecular flexibility index (Phi) is 3.09. The van der Waals surface area contributed by atoms with Crippen molar-refractivity contribution >= 4 is 23.1 Å². The molecular formula is C12H10ClN5O3. The molecule has 3 rings (SSSR count). The molecule has 21 heavy (non-hydrogen) atoms. The van der Waals surface area contributed by atoms with Crippen molar-refractivity contribution in [2.45, 2.75) is 20.0 Å². The molecule has 8 nitrogen and oxygen atoms in total. The molecule has 0 aliphatic carbocycles. The zero-order valence-corrected chi connectivity index (χ0v) is 11.7. The van der Waals surface area contributed by atoms with Crippen LogP contribution in [-0.2, 0) is 13.1 Å². The summed E-state index contributed by atoms with van der Waals surface area (Å²) in [5.41, 5.74) is 0.884. The van der Waals surface area contributed by atoms with Gasteiger partial charge in [0.2, 0.25) is 0 Å². The average molecular weight is 308 g/mol. The van der Waals surface area contributed by atoms with Crippen molar-refractivity contribution in [2.24, 2.45) is 0 Å². The van der Waals surface area contributed by atoms with Crippen molar-refractivity contribution < 1.29 is 4.92 Å². The molecule has 0 radical (unpaired) electrons. The lowest BCUT2D eigenvalue weighted by atomic mass is 10.3. The summed E-state index contributed by atoms with van der Waals surface area (Å²) in [7, 11) is 0. The third-order valence-corrected chi connectivity index (χ3v) is 3.50. The third kappa shape index (κ3) is 2.33. The molecule has 0 amide bonds. The summed E-state index contributed by atoms with van der Waals surface area (Å²) in [5.74, 6) is 0.945. The van der Waals surface area contributed by atoms with Gasteiger partial charge in [-0.05, 0) is 6.92 Å². The third-order valence-electron chi connectivity index (χ3n) is 3.23. The van der Waals surface area contributed by atoms with Crippen LogP contribution in [-0.4, -0.2) is 19.9 Å². The highest BCUT2D eigenvalue weighted by Crippen LogP contribution is 2.31. The summed E-state index contributed by atoms with van der Waals surface area (Å²) in [6.07, 6.45) is 1.15. The van der Waals surface area contributed by atoms with E-state index in [1.54, 1.807) is 11.8 Å². The standard InChI is InChI=1S/C12H10ClN5O3/c1-6-15-10-5-17(4-8(10)12(19)16-6)11-9(13)2-7(3-14-11)18(20)21/h2-3H,4-5H2,1H3,(H,15,16,19). The first-order valence-electron chi connectivity index (χ1n) is 6.09. The normalized spacial score (nSPS) is 13.3. The second kappa shape index (κ2) is 4.81. The number of rotatable bonds is 2. The van der Waals surface area contributed by atoms with Crippen molar-refractivity contribution in [3.63, 3.8) is 0 Å². The van der Waals surface area contributed by atoms with E-state index in [2.05, 4.69) is 15.0 Å². The van der Waals surface area contributed by atoms with Crippen molar-refractivity contribution in [3.05, 3.63) is 54.8 Å². The Bertz CT molecular complexity index is 804. The van der Waals surface area contributed by atoms with Gasteiger partial charge >= 0.3 is 0 Å². The molecule has 3 heterocycles. The van der Waals surface area contributed by atoms with Crippen LogP contribution in [0.3, 0.4) is 0 Å². The number of pyridine rings is 1. The topological polar surface area (TPSA) is 105 Å². The van der Waals surface area contributed by atoms with Crippen LogP contribution in [0.15, 0.2) is 17.1 Å². The quantitative estimate of drug-likeness (QED) is 0.666. The molecule has 0 saturated carbocycles. The van der Waals surface area contributed by atoms with Gasteiger partial charge < -0.3 is 9.88 Å². The van der Waals surface area contributed by atoms with Gasteiger partial charge in [-0.15, -0.1) is 0 Å². The fourth-order valence-corrected chi connectivity index (χ4v) is 2.57. The summed E-state index contributed by atoms with van der Waals surface area (Å²) in [5, 5.41) is 10.9. The van der Waals surface area contributed by atoms with Gasteiger partial charge in [-0.1, -0.05) is 11.6 Å². The number of aryl methyl sites for hydroxylation is 1. The molecule has 0 unspecified atom stereocenters. The first-order valence-corrected chi connectivity index (χ1v) is 6.47. The minimum atomic E-state index is -0.559. The number of H-pyrrole nitrogens is 1. The van der Waals surface area contributed by atoms with Gasteiger partial charge in [-0.3, -0.25) is 14.9 Å². The fourth-order valence-electron chi connectivity index (χ4n) is 2.29. The molecule has 0 fully saturated rings. The monoisotopic (exact) mass is 307 g/mol. The lowest BCUT2D eigenvalue weighted by Crippen LogP contribution is -2.19. The van der Waals surface area contributed by atoms with Gasteiger partial charge in [0.25, 0.3) is 11.2 Å². The molecule has 0 aromatic carbocycles. The highest BCUT2D eigenvalue weighted by Gasteiger charge is 2.26. The van der Waals surface area contributed by atoms with Crippen molar-refractivity contribution in [2.75, 3.05) is 4.90 Å². The summed E-state index contributed by atoms with van der Waals surface area (Å²) in [4.78, 5) is 34.7. The number of nitro groups is 1. The van der Waals surface area contributed by atoms with Crippen molar-refractivity contribution in [1.82, 2.24) is 15.0 Å². The van der Waals surface area contributed by atoms with Gasteiger partial charge in [0.1, 0.15) is 17.8 Å². The number of aromatic amines is 1. The molecule has 0 bridgehead atoms. The number of nitrogens with one attached hydrogen (secondary N) is 1. The zero-order valence-electron chi connectivity index (χ0n) is 11.0. The van der Waals surface area contributed by atoms with Crippen molar-refractivity contribution in [1.29, 1.82) is 0 Å². The Morgan fingerprint density at radius 2 is 2.24 bits per heavy atom. The largest absolute Gasteiger partial charge is 0.345 e. The lowest BCUT2D eigenvalue weighted by molar-refractivity contribution is -0.385. The zero-order chi connectivity index (χ0) is 15.1. The van der Waals surface area contributed by atoms with Crippen molar-refractivity contribution in [3.8, 4) is 0 Å². The van der Waals surface area contributed by atoms with Crippen LogP contribution >= 0.6 is 11.6 Å². The fraction of sp³-hybridized carbons (Fsp3) is 0.250. The molecule has 2 aromatic rings. The summed E-state index contributed by atoms with van der Waals surface area (Å²) >= 11 is 6.05. The van der Waals surface area contributed by atoms with Crippen LogP contribution in [0.2, 0.25) is 5.02 Å². The molecule has 1 aliphatic rings. The Balaban J connectivity index is 1.96. The van der Waals surface area contributed by atoms with E-state index >= 15 is 0 Å². The summed E-state index contributed by atoms with van der Waals surface area (Å²) in [6.45, 7) is 2.43. The van der Waals surface area contributed by atoms with E-state index < -0.39 is 4.92 Å². The maximum absolute atomic E-state index is 11.9. The Morgan fingerprint density at radius 1 is 1.48 bits per heavy atom.